The Labute approximate surface area is 141 Å². The largest absolute Gasteiger partial charge is 0.356 e. The summed E-state index contributed by atoms with van der Waals surface area (Å²) in [5, 5.41) is 6.25. The molecule has 2 aromatic rings. The van der Waals surface area contributed by atoms with Crippen molar-refractivity contribution in [2.75, 3.05) is 18.4 Å². The third-order valence-electron chi connectivity index (χ3n) is 5.01. The topological polar surface area (TPSA) is 82.7 Å². The molecule has 2 aromatic heterocycles. The quantitative estimate of drug-likeness (QED) is 0.807. The second-order valence-corrected chi connectivity index (χ2v) is 6.73. The molecular formula is C18H23N5O. The van der Waals surface area contributed by atoms with Gasteiger partial charge in [-0.05, 0) is 30.9 Å². The lowest BCUT2D eigenvalue weighted by Gasteiger charge is -2.21. The Bertz CT molecular complexity index is 733. The molecule has 0 unspecified atom stereocenters. The van der Waals surface area contributed by atoms with Crippen LogP contribution in [0.3, 0.4) is 0 Å². The predicted molar refractivity (Wildman–Crippen MR) is 92.9 cm³/mol. The number of anilines is 1. The average Bonchev–Trinajstić information content (AvgIpc) is 3.07. The molecule has 0 atom stereocenters. The number of nitrogens with zero attached hydrogens (tertiary/aromatic N) is 2. The Kier molecular flexibility index (Phi) is 4.19. The van der Waals surface area contributed by atoms with Gasteiger partial charge < -0.3 is 15.6 Å². The Morgan fingerprint density at radius 3 is 2.96 bits per heavy atom. The van der Waals surface area contributed by atoms with Crippen LogP contribution < -0.4 is 10.6 Å². The maximum absolute atomic E-state index is 11.9. The number of carbonyl (C=O) groups is 1. The number of hydrogen-bond acceptors (Lipinski definition) is 4. The summed E-state index contributed by atoms with van der Waals surface area (Å²) >= 11 is 0. The van der Waals surface area contributed by atoms with Gasteiger partial charge in [-0.1, -0.05) is 19.3 Å². The molecule has 24 heavy (non-hydrogen) atoms. The Hall–Kier alpha value is -2.37. The summed E-state index contributed by atoms with van der Waals surface area (Å²) in [5.41, 5.74) is 3.41. The fourth-order valence-electron chi connectivity index (χ4n) is 3.65. The number of H-pyrrole nitrogens is 1. The highest BCUT2D eigenvalue weighted by Crippen LogP contribution is 2.25. The highest BCUT2D eigenvalue weighted by atomic mass is 16.1. The second kappa shape index (κ2) is 6.63. The molecule has 6 heteroatoms. The molecule has 4 rings (SSSR count). The smallest absolute Gasteiger partial charge is 0.253 e. The molecule has 1 saturated carbocycles. The van der Waals surface area contributed by atoms with Gasteiger partial charge in [0.05, 0.1) is 17.0 Å². The minimum absolute atomic E-state index is 0.0107. The molecule has 1 fully saturated rings. The van der Waals surface area contributed by atoms with Crippen molar-refractivity contribution >= 4 is 11.9 Å². The number of nitrogens with one attached hydrogen (secondary N) is 3. The molecule has 3 N–H and O–H groups in total. The zero-order valence-electron chi connectivity index (χ0n) is 13.8. The summed E-state index contributed by atoms with van der Waals surface area (Å²) < 4.78 is 0. The van der Waals surface area contributed by atoms with Crippen molar-refractivity contribution in [1.82, 2.24) is 20.3 Å². The van der Waals surface area contributed by atoms with Gasteiger partial charge in [-0.2, -0.15) is 0 Å². The maximum Gasteiger partial charge on any atom is 0.253 e. The second-order valence-electron chi connectivity index (χ2n) is 6.73. The van der Waals surface area contributed by atoms with E-state index in [1.54, 1.807) is 6.20 Å². The van der Waals surface area contributed by atoms with Gasteiger partial charge in [0.1, 0.15) is 0 Å². The average molecular weight is 325 g/mol. The van der Waals surface area contributed by atoms with Crippen LogP contribution >= 0.6 is 0 Å². The normalized spacial score (nSPS) is 18.1. The lowest BCUT2D eigenvalue weighted by atomic mass is 9.89. The van der Waals surface area contributed by atoms with E-state index in [4.69, 9.17) is 0 Å². The van der Waals surface area contributed by atoms with E-state index in [-0.39, 0.29) is 5.91 Å². The SMILES string of the molecule is O=C1NCCc2[nH]c(-c3ccnc(NCC4CCCCC4)n3)cc21. The number of aromatic amines is 1. The van der Waals surface area contributed by atoms with Gasteiger partial charge in [0, 0.05) is 31.4 Å². The number of fused-ring (bicyclic) bond motifs is 1. The van der Waals surface area contributed by atoms with E-state index in [0.717, 1.165) is 41.5 Å². The number of amides is 1. The minimum Gasteiger partial charge on any atom is -0.356 e. The number of rotatable bonds is 4. The molecule has 126 valence electrons. The fraction of sp³-hybridized carbons (Fsp3) is 0.500. The molecule has 1 aliphatic heterocycles. The van der Waals surface area contributed by atoms with E-state index in [1.807, 2.05) is 12.1 Å². The van der Waals surface area contributed by atoms with Gasteiger partial charge in [0.2, 0.25) is 5.95 Å². The molecule has 1 amide bonds. The van der Waals surface area contributed by atoms with Gasteiger partial charge in [0.15, 0.2) is 0 Å². The van der Waals surface area contributed by atoms with Crippen molar-refractivity contribution in [3.05, 3.63) is 29.6 Å². The van der Waals surface area contributed by atoms with E-state index in [9.17, 15) is 4.79 Å². The molecule has 0 saturated heterocycles. The Morgan fingerprint density at radius 2 is 2.12 bits per heavy atom. The van der Waals surface area contributed by atoms with E-state index < -0.39 is 0 Å². The molecule has 3 heterocycles. The molecule has 0 spiro atoms. The van der Waals surface area contributed by atoms with E-state index in [1.165, 1.54) is 32.1 Å². The summed E-state index contributed by atoms with van der Waals surface area (Å²) in [6, 6.07) is 3.76. The number of carbonyl (C=O) groups excluding carboxylic acids is 1. The zero-order valence-corrected chi connectivity index (χ0v) is 13.8. The van der Waals surface area contributed by atoms with Crippen LogP contribution in [0, 0.1) is 5.92 Å². The molecular weight excluding hydrogens is 302 g/mol. The maximum atomic E-state index is 11.9. The van der Waals surface area contributed by atoms with Crippen molar-refractivity contribution in [3.8, 4) is 11.4 Å². The van der Waals surface area contributed by atoms with Crippen LogP contribution in [0.5, 0.6) is 0 Å². The van der Waals surface area contributed by atoms with Gasteiger partial charge in [-0.15, -0.1) is 0 Å². The van der Waals surface area contributed by atoms with Crippen LogP contribution in [0.25, 0.3) is 11.4 Å². The molecule has 1 aliphatic carbocycles. The van der Waals surface area contributed by atoms with Crippen molar-refractivity contribution in [1.29, 1.82) is 0 Å². The van der Waals surface area contributed by atoms with Crippen molar-refractivity contribution in [3.63, 3.8) is 0 Å². The lowest BCUT2D eigenvalue weighted by molar-refractivity contribution is 0.0946. The van der Waals surface area contributed by atoms with Crippen molar-refractivity contribution in [2.45, 2.75) is 38.5 Å². The lowest BCUT2D eigenvalue weighted by Crippen LogP contribution is -2.31. The summed E-state index contributed by atoms with van der Waals surface area (Å²) in [7, 11) is 0. The van der Waals surface area contributed by atoms with Gasteiger partial charge >= 0.3 is 0 Å². The standard InChI is InChI=1S/C18H23N5O/c24-17-13-10-16(22-14(13)6-8-19-17)15-7-9-20-18(23-15)21-11-12-4-2-1-3-5-12/h7,9-10,12,22H,1-6,8,11H2,(H,19,24)(H,20,21,23). The molecule has 0 bridgehead atoms. The predicted octanol–water partition coefficient (Wildman–Crippen LogP) is 2.75. The molecule has 2 aliphatic rings. The fourth-order valence-corrected chi connectivity index (χ4v) is 3.65. The van der Waals surface area contributed by atoms with Crippen LogP contribution in [0.2, 0.25) is 0 Å². The van der Waals surface area contributed by atoms with Crippen LogP contribution in [0.4, 0.5) is 5.95 Å². The monoisotopic (exact) mass is 325 g/mol. The highest BCUT2D eigenvalue weighted by molar-refractivity contribution is 5.97. The first-order chi connectivity index (χ1) is 11.8. The first-order valence-electron chi connectivity index (χ1n) is 8.87. The summed E-state index contributed by atoms with van der Waals surface area (Å²) in [4.78, 5) is 24.2. The van der Waals surface area contributed by atoms with E-state index >= 15 is 0 Å². The third-order valence-corrected chi connectivity index (χ3v) is 5.01. The summed E-state index contributed by atoms with van der Waals surface area (Å²) in [5.74, 6) is 1.38. The van der Waals surface area contributed by atoms with Gasteiger partial charge in [-0.3, -0.25) is 4.79 Å². The van der Waals surface area contributed by atoms with Gasteiger partial charge in [-0.25, -0.2) is 9.97 Å². The van der Waals surface area contributed by atoms with Crippen LogP contribution in [0.15, 0.2) is 18.3 Å². The van der Waals surface area contributed by atoms with Crippen LogP contribution in [0.1, 0.15) is 48.2 Å². The number of aromatic nitrogens is 3. The first kappa shape index (κ1) is 15.2. The molecule has 0 radical (unpaired) electrons. The van der Waals surface area contributed by atoms with Crippen molar-refractivity contribution in [2.24, 2.45) is 5.92 Å². The first-order valence-corrected chi connectivity index (χ1v) is 8.87. The summed E-state index contributed by atoms with van der Waals surface area (Å²) in [6.45, 7) is 1.62. The molecule has 6 nitrogen and oxygen atoms in total. The van der Waals surface area contributed by atoms with E-state index in [0.29, 0.717) is 12.5 Å². The Morgan fingerprint density at radius 1 is 1.25 bits per heavy atom. The van der Waals surface area contributed by atoms with Gasteiger partial charge in [0.25, 0.3) is 5.91 Å². The van der Waals surface area contributed by atoms with Crippen LogP contribution in [-0.2, 0) is 6.42 Å². The van der Waals surface area contributed by atoms with E-state index in [2.05, 4.69) is 25.6 Å². The Balaban J connectivity index is 1.49. The third kappa shape index (κ3) is 3.13. The molecule has 0 aromatic carbocycles. The number of hydrogen-bond donors (Lipinski definition) is 3. The zero-order chi connectivity index (χ0) is 16.4. The highest BCUT2D eigenvalue weighted by Gasteiger charge is 2.20. The van der Waals surface area contributed by atoms with Crippen molar-refractivity contribution < 1.29 is 4.79 Å². The van der Waals surface area contributed by atoms with Crippen LogP contribution in [-0.4, -0.2) is 33.9 Å². The summed E-state index contributed by atoms with van der Waals surface area (Å²) in [6.07, 6.45) is 9.24. The minimum atomic E-state index is -0.0107.